The molecule has 0 aliphatic heterocycles. The molecule has 2 aromatic carbocycles. The van der Waals surface area contributed by atoms with Gasteiger partial charge in [-0.15, -0.1) is 5.10 Å². The number of carbonyl (C=O) groups excluding carboxylic acids is 1. The van der Waals surface area contributed by atoms with Crippen molar-refractivity contribution in [2.45, 2.75) is 11.8 Å². The summed E-state index contributed by atoms with van der Waals surface area (Å²) < 4.78 is 28.7. The summed E-state index contributed by atoms with van der Waals surface area (Å²) in [6.45, 7) is 1.82. The number of aryl methyl sites for hydroxylation is 1. The fraction of sp³-hybridized carbons (Fsp3) is 0.118. The molecule has 1 N–H and O–H groups in total. The second-order valence-corrected chi connectivity index (χ2v) is 7.50. The normalized spacial score (nSPS) is 11.3. The van der Waals surface area contributed by atoms with Gasteiger partial charge in [-0.25, -0.2) is 8.42 Å². The minimum Gasteiger partial charge on any atom is -0.403 e. The van der Waals surface area contributed by atoms with Crippen LogP contribution >= 0.6 is 0 Å². The number of nitrogens with one attached hydrogen (secondary N) is 1. The van der Waals surface area contributed by atoms with Crippen LogP contribution in [0.1, 0.15) is 15.9 Å². The van der Waals surface area contributed by atoms with E-state index in [0.717, 1.165) is 11.8 Å². The van der Waals surface area contributed by atoms with Gasteiger partial charge in [0.25, 0.3) is 5.91 Å². The van der Waals surface area contributed by atoms with Crippen LogP contribution in [0.5, 0.6) is 0 Å². The molecule has 0 aliphatic carbocycles. The zero-order valence-corrected chi connectivity index (χ0v) is 14.4. The Labute approximate surface area is 144 Å². The van der Waals surface area contributed by atoms with Crippen LogP contribution in [-0.4, -0.2) is 30.8 Å². The van der Waals surface area contributed by atoms with E-state index in [4.69, 9.17) is 4.42 Å². The third-order valence-electron chi connectivity index (χ3n) is 3.54. The molecular formula is C17H15N3O4S. The number of hydrogen-bond donors (Lipinski definition) is 1. The number of benzene rings is 2. The number of hydrogen-bond acceptors (Lipinski definition) is 6. The molecule has 0 spiro atoms. The van der Waals surface area contributed by atoms with Gasteiger partial charge < -0.3 is 4.42 Å². The number of anilines is 1. The molecule has 7 nitrogen and oxygen atoms in total. The van der Waals surface area contributed by atoms with Gasteiger partial charge in [0.15, 0.2) is 9.84 Å². The summed E-state index contributed by atoms with van der Waals surface area (Å²) in [7, 11) is -3.35. The molecule has 1 aromatic heterocycles. The fourth-order valence-electron chi connectivity index (χ4n) is 2.24. The largest absolute Gasteiger partial charge is 0.403 e. The van der Waals surface area contributed by atoms with E-state index in [2.05, 4.69) is 15.5 Å². The van der Waals surface area contributed by atoms with E-state index in [1.165, 1.54) is 12.1 Å². The van der Waals surface area contributed by atoms with Crippen LogP contribution in [0.15, 0.2) is 57.8 Å². The molecule has 0 saturated carbocycles. The van der Waals surface area contributed by atoms with E-state index in [-0.39, 0.29) is 22.7 Å². The van der Waals surface area contributed by atoms with Gasteiger partial charge in [-0.05, 0) is 36.8 Å². The average Bonchev–Trinajstić information content (AvgIpc) is 3.03. The van der Waals surface area contributed by atoms with E-state index >= 15 is 0 Å². The van der Waals surface area contributed by atoms with E-state index < -0.39 is 9.84 Å². The molecule has 3 aromatic rings. The van der Waals surface area contributed by atoms with Crippen LogP contribution in [0.25, 0.3) is 11.5 Å². The lowest BCUT2D eigenvalue weighted by Crippen LogP contribution is -2.13. The monoisotopic (exact) mass is 357 g/mol. The first kappa shape index (κ1) is 16.8. The molecule has 0 fully saturated rings. The molecular weight excluding hydrogens is 342 g/mol. The second-order valence-electron chi connectivity index (χ2n) is 5.48. The Bertz CT molecular complexity index is 1040. The number of carbonyl (C=O) groups is 1. The van der Waals surface area contributed by atoms with Crippen molar-refractivity contribution >= 4 is 21.8 Å². The molecule has 0 bridgehead atoms. The van der Waals surface area contributed by atoms with Crippen LogP contribution < -0.4 is 5.32 Å². The summed E-state index contributed by atoms with van der Waals surface area (Å²) >= 11 is 0. The highest BCUT2D eigenvalue weighted by Crippen LogP contribution is 2.23. The van der Waals surface area contributed by atoms with Crippen LogP contribution in [0.2, 0.25) is 0 Å². The minimum absolute atomic E-state index is 0.0620. The molecule has 1 heterocycles. The molecule has 0 aliphatic rings. The van der Waals surface area contributed by atoms with Gasteiger partial charge in [-0.3, -0.25) is 10.1 Å². The van der Waals surface area contributed by atoms with Crippen molar-refractivity contribution in [3.8, 4) is 11.5 Å². The van der Waals surface area contributed by atoms with Crippen molar-refractivity contribution in [3.05, 3.63) is 59.7 Å². The van der Waals surface area contributed by atoms with Gasteiger partial charge in [0.05, 0.1) is 4.90 Å². The van der Waals surface area contributed by atoms with E-state index in [9.17, 15) is 13.2 Å². The van der Waals surface area contributed by atoms with Crippen molar-refractivity contribution in [2.75, 3.05) is 11.6 Å². The van der Waals surface area contributed by atoms with Gasteiger partial charge in [-0.1, -0.05) is 29.4 Å². The standard InChI is InChI=1S/C17H15N3O4S/c1-11-6-3-4-9-14(11)15(21)18-17-20-19-16(24-17)12-7-5-8-13(10-12)25(2,22)23/h3-10H,1-2H3,(H,18,20,21). The van der Waals surface area contributed by atoms with E-state index in [1.807, 2.05) is 19.1 Å². The van der Waals surface area contributed by atoms with Crippen molar-refractivity contribution < 1.29 is 17.6 Å². The Morgan fingerprint density at radius 2 is 1.84 bits per heavy atom. The minimum atomic E-state index is -3.35. The predicted octanol–water partition coefficient (Wildman–Crippen LogP) is 2.70. The Hall–Kier alpha value is -3.00. The molecule has 3 rings (SSSR count). The third-order valence-corrected chi connectivity index (χ3v) is 4.65. The van der Waals surface area contributed by atoms with Gasteiger partial charge >= 0.3 is 6.01 Å². The predicted molar refractivity (Wildman–Crippen MR) is 92.0 cm³/mol. The number of rotatable bonds is 4. The van der Waals surface area contributed by atoms with Crippen molar-refractivity contribution in [2.24, 2.45) is 0 Å². The molecule has 0 unspecified atom stereocenters. The zero-order chi connectivity index (χ0) is 18.0. The van der Waals surface area contributed by atoms with E-state index in [0.29, 0.717) is 11.1 Å². The highest BCUT2D eigenvalue weighted by molar-refractivity contribution is 7.90. The topological polar surface area (TPSA) is 102 Å². The number of sulfone groups is 1. The Balaban J connectivity index is 1.84. The number of amides is 1. The maximum Gasteiger partial charge on any atom is 0.322 e. The molecule has 1 amide bonds. The molecule has 0 radical (unpaired) electrons. The smallest absolute Gasteiger partial charge is 0.322 e. The third kappa shape index (κ3) is 3.74. The summed E-state index contributed by atoms with van der Waals surface area (Å²) in [4.78, 5) is 12.4. The molecule has 128 valence electrons. The summed E-state index contributed by atoms with van der Waals surface area (Å²) in [6.07, 6.45) is 1.12. The highest BCUT2D eigenvalue weighted by atomic mass is 32.2. The van der Waals surface area contributed by atoms with Gasteiger partial charge in [-0.2, -0.15) is 0 Å². The lowest BCUT2D eigenvalue weighted by molar-refractivity contribution is 0.102. The van der Waals surface area contributed by atoms with Crippen molar-refractivity contribution in [3.63, 3.8) is 0 Å². The average molecular weight is 357 g/mol. The van der Waals surface area contributed by atoms with Gasteiger partial charge in [0, 0.05) is 17.4 Å². The summed E-state index contributed by atoms with van der Waals surface area (Å²) in [5.74, 6) is -0.247. The van der Waals surface area contributed by atoms with Crippen LogP contribution in [0, 0.1) is 6.92 Å². The Morgan fingerprint density at radius 1 is 1.08 bits per heavy atom. The zero-order valence-electron chi connectivity index (χ0n) is 13.6. The summed E-state index contributed by atoms with van der Waals surface area (Å²) in [5, 5.41) is 10.2. The van der Waals surface area contributed by atoms with Crippen LogP contribution in [0.3, 0.4) is 0 Å². The molecule has 0 atom stereocenters. The molecule has 25 heavy (non-hydrogen) atoms. The van der Waals surface area contributed by atoms with Gasteiger partial charge in [0.2, 0.25) is 5.89 Å². The maximum absolute atomic E-state index is 12.2. The van der Waals surface area contributed by atoms with Crippen molar-refractivity contribution in [1.29, 1.82) is 0 Å². The SMILES string of the molecule is Cc1ccccc1C(=O)Nc1nnc(-c2cccc(S(C)(=O)=O)c2)o1. The number of nitrogens with zero attached hydrogens (tertiary/aromatic N) is 2. The summed E-state index contributed by atoms with van der Waals surface area (Å²) in [5.41, 5.74) is 1.77. The first-order chi connectivity index (χ1) is 11.8. The molecule has 8 heteroatoms. The Morgan fingerprint density at radius 3 is 2.56 bits per heavy atom. The quantitative estimate of drug-likeness (QED) is 0.770. The maximum atomic E-state index is 12.2. The van der Waals surface area contributed by atoms with Crippen LogP contribution in [-0.2, 0) is 9.84 Å². The van der Waals surface area contributed by atoms with Crippen molar-refractivity contribution in [1.82, 2.24) is 10.2 Å². The first-order valence-corrected chi connectivity index (χ1v) is 9.25. The second kappa shape index (κ2) is 6.48. The molecule has 0 saturated heterocycles. The Kier molecular flexibility index (Phi) is 4.37. The lowest BCUT2D eigenvalue weighted by Gasteiger charge is -2.03. The highest BCUT2D eigenvalue weighted by Gasteiger charge is 2.15. The van der Waals surface area contributed by atoms with Crippen LogP contribution in [0.4, 0.5) is 6.01 Å². The lowest BCUT2D eigenvalue weighted by atomic mass is 10.1. The number of aromatic nitrogens is 2. The van der Waals surface area contributed by atoms with Gasteiger partial charge in [0.1, 0.15) is 0 Å². The van der Waals surface area contributed by atoms with E-state index in [1.54, 1.807) is 24.3 Å². The summed E-state index contributed by atoms with van der Waals surface area (Å²) in [6, 6.07) is 13.2. The fourth-order valence-corrected chi connectivity index (χ4v) is 2.91. The first-order valence-electron chi connectivity index (χ1n) is 7.35.